The highest BCUT2D eigenvalue weighted by molar-refractivity contribution is 7.99. The third kappa shape index (κ3) is 7.60. The number of thioether (sulfide) groups is 1. The van der Waals surface area contributed by atoms with Gasteiger partial charge in [-0.2, -0.15) is 0 Å². The van der Waals surface area contributed by atoms with Crippen LogP contribution in [0.3, 0.4) is 0 Å². The molecule has 2 rings (SSSR count). The van der Waals surface area contributed by atoms with E-state index in [4.69, 9.17) is 16.2 Å². The Labute approximate surface area is 197 Å². The van der Waals surface area contributed by atoms with Gasteiger partial charge in [0.15, 0.2) is 17.5 Å². The second kappa shape index (κ2) is 12.6. The number of amides is 1. The molecule has 0 bridgehead atoms. The Morgan fingerprint density at radius 2 is 1.88 bits per heavy atom. The highest BCUT2D eigenvalue weighted by atomic mass is 32.2. The molecule has 0 aliphatic rings. The van der Waals surface area contributed by atoms with Gasteiger partial charge in [-0.3, -0.25) is 4.79 Å². The Bertz CT molecular complexity index is 987. The van der Waals surface area contributed by atoms with Crippen LogP contribution in [0.15, 0.2) is 41.6 Å². The standard InChI is InChI=1S/C21H25F3N4O5S/c1-10(30)18(9-29)33-21(34-12-2-3-16(20(26)32)28-6-12)17(31)8-27-7-15(25)11-4-13(22)19(24)14(23)5-11/h2-7,10,17-18,21,27,29-31H,8-9,25H2,1H3,(H2,26,32)/b15-7-. The molecule has 0 aliphatic heterocycles. The largest absolute Gasteiger partial charge is 0.397 e. The molecular formula is C21H25F3N4O5S. The molecule has 186 valence electrons. The molecule has 0 saturated carbocycles. The van der Waals surface area contributed by atoms with Gasteiger partial charge < -0.3 is 36.8 Å². The predicted molar refractivity (Wildman–Crippen MR) is 119 cm³/mol. The normalized spacial score (nSPS) is 15.4. The maximum Gasteiger partial charge on any atom is 0.267 e. The monoisotopic (exact) mass is 502 g/mol. The number of carbonyl (C=O) groups excluding carboxylic acids is 1. The number of hydrogen-bond acceptors (Lipinski definition) is 9. The first-order valence-electron chi connectivity index (χ1n) is 9.92. The topological polar surface area (TPSA) is 164 Å². The van der Waals surface area contributed by atoms with Gasteiger partial charge in [0, 0.05) is 29.4 Å². The summed E-state index contributed by atoms with van der Waals surface area (Å²) in [6.07, 6.45) is -0.816. The molecule has 0 spiro atoms. The molecule has 4 unspecified atom stereocenters. The number of benzene rings is 1. The average molecular weight is 503 g/mol. The van der Waals surface area contributed by atoms with Crippen LogP contribution in [-0.2, 0) is 4.74 Å². The number of nitrogens with two attached hydrogens (primary N) is 2. The summed E-state index contributed by atoms with van der Waals surface area (Å²) in [7, 11) is 0. The second-order valence-corrected chi connectivity index (χ2v) is 8.33. The molecule has 1 aromatic heterocycles. The Morgan fingerprint density at radius 1 is 1.24 bits per heavy atom. The molecule has 0 aliphatic carbocycles. The molecule has 13 heteroatoms. The van der Waals surface area contributed by atoms with Crippen LogP contribution in [-0.4, -0.2) is 63.1 Å². The van der Waals surface area contributed by atoms with Gasteiger partial charge in [0.05, 0.1) is 18.4 Å². The number of aromatic nitrogens is 1. The zero-order chi connectivity index (χ0) is 25.4. The molecule has 34 heavy (non-hydrogen) atoms. The molecule has 2 aromatic rings. The maximum atomic E-state index is 13.4. The summed E-state index contributed by atoms with van der Waals surface area (Å²) in [6, 6.07) is 4.36. The predicted octanol–water partition coefficient (Wildman–Crippen LogP) is 0.682. The van der Waals surface area contributed by atoms with Crippen LogP contribution in [0.5, 0.6) is 0 Å². The molecular weight excluding hydrogens is 477 g/mol. The zero-order valence-corrected chi connectivity index (χ0v) is 18.8. The molecule has 0 saturated heterocycles. The highest BCUT2D eigenvalue weighted by Crippen LogP contribution is 2.28. The molecule has 9 nitrogen and oxygen atoms in total. The van der Waals surface area contributed by atoms with Crippen LogP contribution < -0.4 is 16.8 Å². The quantitative estimate of drug-likeness (QED) is 0.139. The van der Waals surface area contributed by atoms with Crippen LogP contribution in [0.4, 0.5) is 13.2 Å². The lowest BCUT2D eigenvalue weighted by Gasteiger charge is -2.28. The Balaban J connectivity index is 2.12. The van der Waals surface area contributed by atoms with Gasteiger partial charge in [-0.15, -0.1) is 0 Å². The van der Waals surface area contributed by atoms with Crippen LogP contribution >= 0.6 is 11.8 Å². The number of carbonyl (C=O) groups is 1. The fourth-order valence-electron chi connectivity index (χ4n) is 2.60. The smallest absolute Gasteiger partial charge is 0.267 e. The van der Waals surface area contributed by atoms with Gasteiger partial charge in [-0.05, 0) is 31.2 Å². The number of primary amides is 1. The molecule has 1 heterocycles. The van der Waals surface area contributed by atoms with Crippen molar-refractivity contribution in [2.45, 2.75) is 35.6 Å². The molecule has 1 aromatic carbocycles. The number of halogens is 3. The van der Waals surface area contributed by atoms with Gasteiger partial charge in [0.1, 0.15) is 23.3 Å². The first-order valence-corrected chi connectivity index (χ1v) is 10.8. The van der Waals surface area contributed by atoms with Crippen molar-refractivity contribution in [3.8, 4) is 0 Å². The SMILES string of the molecule is CC(O)C(CO)OC(Sc1ccc(C(N)=O)nc1)C(O)CN/C=C(\N)c1cc(F)c(F)c(F)c1. The molecule has 0 radical (unpaired) electrons. The van der Waals surface area contributed by atoms with E-state index in [9.17, 15) is 33.3 Å². The van der Waals surface area contributed by atoms with Gasteiger partial charge in [0.2, 0.25) is 0 Å². The molecule has 8 N–H and O–H groups in total. The first kappa shape index (κ1) is 27.4. The third-order valence-electron chi connectivity index (χ3n) is 4.48. The van der Waals surface area contributed by atoms with Crippen molar-refractivity contribution in [2.75, 3.05) is 13.2 Å². The van der Waals surface area contributed by atoms with E-state index in [-0.39, 0.29) is 23.5 Å². The van der Waals surface area contributed by atoms with Crippen LogP contribution in [0.2, 0.25) is 0 Å². The van der Waals surface area contributed by atoms with Crippen molar-refractivity contribution >= 4 is 23.4 Å². The summed E-state index contributed by atoms with van der Waals surface area (Å²) in [6.45, 7) is 0.707. The fraction of sp³-hybridized carbons (Fsp3) is 0.333. The summed E-state index contributed by atoms with van der Waals surface area (Å²) in [5, 5.41) is 32.6. The third-order valence-corrected chi connectivity index (χ3v) is 5.66. The van der Waals surface area contributed by atoms with Gasteiger partial charge in [0.25, 0.3) is 5.91 Å². The Morgan fingerprint density at radius 3 is 2.38 bits per heavy atom. The fourth-order valence-corrected chi connectivity index (χ4v) is 3.58. The van der Waals surface area contributed by atoms with Crippen molar-refractivity contribution in [1.29, 1.82) is 0 Å². The lowest BCUT2D eigenvalue weighted by Crippen LogP contribution is -2.41. The number of pyridine rings is 1. The van der Waals surface area contributed by atoms with E-state index in [0.717, 1.165) is 23.9 Å². The van der Waals surface area contributed by atoms with E-state index < -0.39 is 53.7 Å². The number of nitrogens with one attached hydrogen (secondary N) is 1. The van der Waals surface area contributed by atoms with Crippen LogP contribution in [0.25, 0.3) is 5.70 Å². The van der Waals surface area contributed by atoms with E-state index in [0.29, 0.717) is 4.90 Å². The number of aliphatic hydroxyl groups excluding tert-OH is 3. The average Bonchev–Trinajstić information content (AvgIpc) is 2.79. The summed E-state index contributed by atoms with van der Waals surface area (Å²) in [4.78, 5) is 15.6. The van der Waals surface area contributed by atoms with Crippen molar-refractivity contribution < 1.29 is 38.0 Å². The van der Waals surface area contributed by atoms with Crippen molar-refractivity contribution in [2.24, 2.45) is 11.5 Å². The van der Waals surface area contributed by atoms with Crippen molar-refractivity contribution in [1.82, 2.24) is 10.3 Å². The summed E-state index contributed by atoms with van der Waals surface area (Å²) < 4.78 is 45.6. The molecule has 0 fully saturated rings. The summed E-state index contributed by atoms with van der Waals surface area (Å²) in [5.41, 5.74) is 9.69. The molecule has 4 atom stereocenters. The van der Waals surface area contributed by atoms with Crippen LogP contribution in [0, 0.1) is 17.5 Å². The van der Waals surface area contributed by atoms with Gasteiger partial charge >= 0.3 is 0 Å². The van der Waals surface area contributed by atoms with E-state index in [1.54, 1.807) is 0 Å². The zero-order valence-electron chi connectivity index (χ0n) is 18.0. The minimum atomic E-state index is -1.62. The van der Waals surface area contributed by atoms with E-state index in [1.165, 1.54) is 31.5 Å². The van der Waals surface area contributed by atoms with Gasteiger partial charge in [-0.1, -0.05) is 11.8 Å². The second-order valence-electron chi connectivity index (χ2n) is 7.16. The number of ether oxygens (including phenoxy) is 1. The summed E-state index contributed by atoms with van der Waals surface area (Å²) in [5.74, 6) is -5.14. The maximum absolute atomic E-state index is 13.4. The Kier molecular flexibility index (Phi) is 10.1. The van der Waals surface area contributed by atoms with Gasteiger partial charge in [-0.25, -0.2) is 18.2 Å². The number of rotatable bonds is 12. The number of hydrogen-bond donors (Lipinski definition) is 6. The minimum Gasteiger partial charge on any atom is -0.397 e. The van der Waals surface area contributed by atoms with Crippen molar-refractivity contribution in [3.63, 3.8) is 0 Å². The molecule has 1 amide bonds. The number of aliphatic hydroxyl groups is 3. The number of nitrogens with zero attached hydrogens (tertiary/aromatic N) is 1. The first-order chi connectivity index (χ1) is 16.0. The van der Waals surface area contributed by atoms with E-state index in [2.05, 4.69) is 10.3 Å². The summed E-state index contributed by atoms with van der Waals surface area (Å²) >= 11 is 0.997. The van der Waals surface area contributed by atoms with E-state index in [1.807, 2.05) is 0 Å². The van der Waals surface area contributed by atoms with Crippen molar-refractivity contribution in [3.05, 3.63) is 65.4 Å². The Hall–Kier alpha value is -2.84. The minimum absolute atomic E-state index is 0.0375. The lowest BCUT2D eigenvalue weighted by molar-refractivity contribution is -0.0933. The highest BCUT2D eigenvalue weighted by Gasteiger charge is 2.27. The lowest BCUT2D eigenvalue weighted by atomic mass is 10.1. The van der Waals surface area contributed by atoms with E-state index >= 15 is 0 Å². The van der Waals surface area contributed by atoms with Crippen LogP contribution in [0.1, 0.15) is 23.0 Å².